The Balaban J connectivity index is 3.74. The summed E-state index contributed by atoms with van der Waals surface area (Å²) in [7, 11) is 1.68. The van der Waals surface area contributed by atoms with E-state index < -0.39 is 5.60 Å². The zero-order chi connectivity index (χ0) is 11.2. The van der Waals surface area contributed by atoms with Crippen molar-refractivity contribution in [2.75, 3.05) is 20.3 Å². The van der Waals surface area contributed by atoms with Gasteiger partial charge in [0.25, 0.3) is 0 Å². The molecule has 3 nitrogen and oxygen atoms in total. The zero-order valence-corrected chi connectivity index (χ0v) is 10.1. The standard InChI is InChI=1S/C11H25NO2/c1-9(2)6-11(4,13)8-12-10(3)7-14-5/h9-10,12-13H,6-8H2,1-5H3. The van der Waals surface area contributed by atoms with Gasteiger partial charge in [0.1, 0.15) is 0 Å². The topological polar surface area (TPSA) is 41.5 Å². The first kappa shape index (κ1) is 13.9. The highest BCUT2D eigenvalue weighted by atomic mass is 16.5. The second-order valence-electron chi connectivity index (χ2n) is 4.83. The summed E-state index contributed by atoms with van der Waals surface area (Å²) >= 11 is 0. The maximum Gasteiger partial charge on any atom is 0.0746 e. The summed E-state index contributed by atoms with van der Waals surface area (Å²) in [6, 6.07) is 0.290. The monoisotopic (exact) mass is 203 g/mol. The van der Waals surface area contributed by atoms with Crippen molar-refractivity contribution in [2.45, 2.75) is 45.8 Å². The van der Waals surface area contributed by atoms with Gasteiger partial charge in [-0.25, -0.2) is 0 Å². The molecule has 0 aliphatic carbocycles. The number of hydrogen-bond donors (Lipinski definition) is 2. The van der Waals surface area contributed by atoms with Crippen LogP contribution in [0, 0.1) is 5.92 Å². The van der Waals surface area contributed by atoms with E-state index >= 15 is 0 Å². The average Bonchev–Trinajstić information content (AvgIpc) is 1.99. The lowest BCUT2D eigenvalue weighted by atomic mass is 9.94. The summed E-state index contributed by atoms with van der Waals surface area (Å²) in [5.41, 5.74) is -0.615. The summed E-state index contributed by atoms with van der Waals surface area (Å²) in [6.07, 6.45) is 0.819. The first-order chi connectivity index (χ1) is 6.37. The molecule has 0 radical (unpaired) electrons. The molecule has 0 aromatic heterocycles. The van der Waals surface area contributed by atoms with Gasteiger partial charge < -0.3 is 15.2 Å². The first-order valence-electron chi connectivity index (χ1n) is 5.32. The van der Waals surface area contributed by atoms with Gasteiger partial charge >= 0.3 is 0 Å². The molecule has 0 fully saturated rings. The summed E-state index contributed by atoms with van der Waals surface area (Å²) < 4.78 is 5.01. The lowest BCUT2D eigenvalue weighted by molar-refractivity contribution is 0.0331. The summed E-state index contributed by atoms with van der Waals surface area (Å²) in [6.45, 7) is 9.46. The van der Waals surface area contributed by atoms with Crippen LogP contribution in [0.1, 0.15) is 34.1 Å². The number of hydrogen-bond acceptors (Lipinski definition) is 3. The molecule has 86 valence electrons. The van der Waals surface area contributed by atoms with E-state index in [1.165, 1.54) is 0 Å². The van der Waals surface area contributed by atoms with Crippen LogP contribution >= 0.6 is 0 Å². The molecule has 14 heavy (non-hydrogen) atoms. The largest absolute Gasteiger partial charge is 0.389 e. The summed E-state index contributed by atoms with van der Waals surface area (Å²) in [4.78, 5) is 0. The highest BCUT2D eigenvalue weighted by Gasteiger charge is 2.21. The molecule has 2 atom stereocenters. The van der Waals surface area contributed by atoms with E-state index in [2.05, 4.69) is 26.1 Å². The molecule has 0 aliphatic rings. The first-order valence-corrected chi connectivity index (χ1v) is 5.32. The van der Waals surface area contributed by atoms with E-state index in [4.69, 9.17) is 4.74 Å². The van der Waals surface area contributed by atoms with Gasteiger partial charge in [-0.05, 0) is 26.2 Å². The second-order valence-corrected chi connectivity index (χ2v) is 4.83. The lowest BCUT2D eigenvalue weighted by Gasteiger charge is -2.27. The minimum absolute atomic E-state index is 0.290. The fourth-order valence-electron chi connectivity index (χ4n) is 1.65. The number of nitrogens with one attached hydrogen (secondary N) is 1. The van der Waals surface area contributed by atoms with Crippen molar-refractivity contribution < 1.29 is 9.84 Å². The number of methoxy groups -OCH3 is 1. The van der Waals surface area contributed by atoms with Crippen LogP contribution in [0.15, 0.2) is 0 Å². The van der Waals surface area contributed by atoms with Gasteiger partial charge in [-0.15, -0.1) is 0 Å². The smallest absolute Gasteiger partial charge is 0.0746 e. The van der Waals surface area contributed by atoms with Crippen LogP contribution in [0.3, 0.4) is 0 Å². The molecule has 2 unspecified atom stereocenters. The van der Waals surface area contributed by atoms with Crippen molar-refractivity contribution in [3.63, 3.8) is 0 Å². The fourth-order valence-corrected chi connectivity index (χ4v) is 1.65. The third kappa shape index (κ3) is 7.30. The molecule has 0 aromatic rings. The Labute approximate surface area is 87.8 Å². The molecule has 3 heteroatoms. The van der Waals surface area contributed by atoms with E-state index in [9.17, 15) is 5.11 Å². The van der Waals surface area contributed by atoms with Crippen LogP contribution < -0.4 is 5.32 Å². The van der Waals surface area contributed by atoms with Gasteiger partial charge in [0.05, 0.1) is 12.2 Å². The Morgan fingerprint density at radius 1 is 1.36 bits per heavy atom. The van der Waals surface area contributed by atoms with Gasteiger partial charge in [0, 0.05) is 19.7 Å². The van der Waals surface area contributed by atoms with Gasteiger partial charge in [-0.1, -0.05) is 13.8 Å². The maximum atomic E-state index is 10.00. The summed E-state index contributed by atoms with van der Waals surface area (Å²) in [5, 5.41) is 13.3. The van der Waals surface area contributed by atoms with Crippen molar-refractivity contribution in [3.8, 4) is 0 Å². The van der Waals surface area contributed by atoms with Crippen LogP contribution in [-0.2, 0) is 4.74 Å². The Morgan fingerprint density at radius 3 is 2.36 bits per heavy atom. The van der Waals surface area contributed by atoms with Crippen molar-refractivity contribution in [1.82, 2.24) is 5.32 Å². The van der Waals surface area contributed by atoms with Crippen molar-refractivity contribution in [3.05, 3.63) is 0 Å². The molecule has 0 spiro atoms. The Morgan fingerprint density at radius 2 is 1.93 bits per heavy atom. The van der Waals surface area contributed by atoms with E-state index in [0.717, 1.165) is 6.42 Å². The number of rotatable bonds is 7. The third-order valence-electron chi connectivity index (χ3n) is 2.10. The fraction of sp³-hybridized carbons (Fsp3) is 1.00. The maximum absolute atomic E-state index is 10.00. The third-order valence-corrected chi connectivity index (χ3v) is 2.10. The molecule has 0 rings (SSSR count). The predicted molar refractivity (Wildman–Crippen MR) is 59.4 cm³/mol. The van der Waals surface area contributed by atoms with Crippen molar-refractivity contribution in [2.24, 2.45) is 5.92 Å². The molecule has 2 N–H and O–H groups in total. The van der Waals surface area contributed by atoms with Gasteiger partial charge in [0.2, 0.25) is 0 Å². The Hall–Kier alpha value is -0.120. The van der Waals surface area contributed by atoms with Crippen LogP contribution in [-0.4, -0.2) is 37.0 Å². The second kappa shape index (κ2) is 6.38. The minimum atomic E-state index is -0.615. The molecule has 0 aromatic carbocycles. The van der Waals surface area contributed by atoms with Crippen molar-refractivity contribution >= 4 is 0 Å². The molecular formula is C11H25NO2. The molecule has 0 aliphatic heterocycles. The Kier molecular flexibility index (Phi) is 6.33. The quantitative estimate of drug-likeness (QED) is 0.657. The molecular weight excluding hydrogens is 178 g/mol. The number of aliphatic hydroxyl groups is 1. The normalized spacial score (nSPS) is 18.2. The van der Waals surface area contributed by atoms with Crippen LogP contribution in [0.5, 0.6) is 0 Å². The van der Waals surface area contributed by atoms with Gasteiger partial charge in [-0.2, -0.15) is 0 Å². The zero-order valence-electron chi connectivity index (χ0n) is 10.1. The van der Waals surface area contributed by atoms with Crippen LogP contribution in [0.25, 0.3) is 0 Å². The van der Waals surface area contributed by atoms with E-state index in [0.29, 0.717) is 25.1 Å². The molecule has 0 saturated heterocycles. The average molecular weight is 203 g/mol. The van der Waals surface area contributed by atoms with Crippen molar-refractivity contribution in [1.29, 1.82) is 0 Å². The Bertz CT molecular complexity index is 146. The highest BCUT2D eigenvalue weighted by Crippen LogP contribution is 2.15. The van der Waals surface area contributed by atoms with E-state index in [-0.39, 0.29) is 0 Å². The molecule has 0 heterocycles. The van der Waals surface area contributed by atoms with Crippen LogP contribution in [0.2, 0.25) is 0 Å². The van der Waals surface area contributed by atoms with E-state index in [1.807, 2.05) is 6.92 Å². The van der Waals surface area contributed by atoms with Gasteiger partial charge in [-0.3, -0.25) is 0 Å². The minimum Gasteiger partial charge on any atom is -0.389 e. The predicted octanol–water partition coefficient (Wildman–Crippen LogP) is 1.41. The van der Waals surface area contributed by atoms with Gasteiger partial charge in [0.15, 0.2) is 0 Å². The molecule has 0 amide bonds. The molecule has 0 saturated carbocycles. The highest BCUT2D eigenvalue weighted by molar-refractivity contribution is 4.78. The molecule has 0 bridgehead atoms. The summed E-state index contributed by atoms with van der Waals surface area (Å²) in [5.74, 6) is 0.518. The lowest BCUT2D eigenvalue weighted by Crippen LogP contribution is -2.43. The van der Waals surface area contributed by atoms with E-state index in [1.54, 1.807) is 7.11 Å². The number of ether oxygens (including phenoxy) is 1. The SMILES string of the molecule is COCC(C)NCC(C)(O)CC(C)C. The van der Waals surface area contributed by atoms with Crippen LogP contribution in [0.4, 0.5) is 0 Å².